The Balaban J connectivity index is 2.19. The minimum Gasteiger partial charge on any atom is -0.507 e. The topological polar surface area (TPSA) is 58.6 Å². The molecule has 0 atom stereocenters. The van der Waals surface area contributed by atoms with E-state index in [-0.39, 0.29) is 11.5 Å². The molecular formula is C14H11FINO3. The second kappa shape index (κ2) is 6.08. The molecule has 0 bridgehead atoms. The number of hydrogen-bond acceptors (Lipinski definition) is 3. The summed E-state index contributed by atoms with van der Waals surface area (Å²) in [4.78, 5) is 12.0. The van der Waals surface area contributed by atoms with Crippen molar-refractivity contribution in [1.29, 1.82) is 0 Å². The molecule has 0 saturated heterocycles. The molecule has 0 spiro atoms. The van der Waals surface area contributed by atoms with Crippen LogP contribution in [-0.2, 0) is 0 Å². The summed E-state index contributed by atoms with van der Waals surface area (Å²) in [6.45, 7) is 0. The fourth-order valence-corrected chi connectivity index (χ4v) is 1.94. The van der Waals surface area contributed by atoms with Gasteiger partial charge >= 0.3 is 0 Å². The molecule has 0 unspecified atom stereocenters. The highest BCUT2D eigenvalue weighted by Crippen LogP contribution is 2.23. The highest BCUT2D eigenvalue weighted by atomic mass is 127. The first-order chi connectivity index (χ1) is 9.51. The van der Waals surface area contributed by atoms with E-state index < -0.39 is 11.7 Å². The summed E-state index contributed by atoms with van der Waals surface area (Å²) in [5, 5.41) is 12.1. The van der Waals surface area contributed by atoms with Gasteiger partial charge in [0.25, 0.3) is 5.91 Å². The number of aromatic hydroxyl groups is 1. The zero-order valence-electron chi connectivity index (χ0n) is 10.5. The lowest BCUT2D eigenvalue weighted by atomic mass is 10.2. The molecule has 2 aromatic carbocycles. The second-order valence-corrected chi connectivity index (χ2v) is 5.13. The SMILES string of the molecule is COc1ccc(NC(=O)c2ccc(I)c(O)c2)cc1F. The van der Waals surface area contributed by atoms with Crippen molar-refractivity contribution in [1.82, 2.24) is 0 Å². The van der Waals surface area contributed by atoms with Crippen LogP contribution in [0.4, 0.5) is 10.1 Å². The van der Waals surface area contributed by atoms with Crippen LogP contribution >= 0.6 is 22.6 Å². The van der Waals surface area contributed by atoms with Gasteiger partial charge in [-0.1, -0.05) is 0 Å². The molecule has 0 aliphatic rings. The highest BCUT2D eigenvalue weighted by molar-refractivity contribution is 14.1. The molecule has 0 fully saturated rings. The summed E-state index contributed by atoms with van der Waals surface area (Å²) in [6.07, 6.45) is 0. The van der Waals surface area contributed by atoms with Gasteiger partial charge in [0.1, 0.15) is 5.75 Å². The monoisotopic (exact) mass is 387 g/mol. The first kappa shape index (κ1) is 14.6. The number of rotatable bonds is 3. The average Bonchev–Trinajstić information content (AvgIpc) is 2.42. The molecule has 2 N–H and O–H groups in total. The van der Waals surface area contributed by atoms with Gasteiger partial charge in [-0.25, -0.2) is 4.39 Å². The predicted molar refractivity (Wildman–Crippen MR) is 81.7 cm³/mol. The number of carbonyl (C=O) groups is 1. The number of amides is 1. The number of anilines is 1. The van der Waals surface area contributed by atoms with E-state index in [1.54, 1.807) is 12.1 Å². The maximum absolute atomic E-state index is 13.5. The largest absolute Gasteiger partial charge is 0.507 e. The van der Waals surface area contributed by atoms with Gasteiger partial charge in [0.2, 0.25) is 0 Å². The quantitative estimate of drug-likeness (QED) is 0.794. The summed E-state index contributed by atoms with van der Waals surface area (Å²) in [5.41, 5.74) is 0.602. The minimum atomic E-state index is -0.559. The van der Waals surface area contributed by atoms with Crippen LogP contribution < -0.4 is 10.1 Å². The van der Waals surface area contributed by atoms with E-state index in [1.165, 1.54) is 31.4 Å². The number of benzene rings is 2. The molecular weight excluding hydrogens is 376 g/mol. The van der Waals surface area contributed by atoms with E-state index >= 15 is 0 Å². The minimum absolute atomic E-state index is 0.0270. The Bertz CT molecular complexity index is 661. The normalized spacial score (nSPS) is 10.2. The zero-order valence-corrected chi connectivity index (χ0v) is 12.6. The van der Waals surface area contributed by atoms with Crippen LogP contribution in [0.3, 0.4) is 0 Å². The lowest BCUT2D eigenvalue weighted by Crippen LogP contribution is -2.12. The fourth-order valence-electron chi connectivity index (χ4n) is 1.60. The van der Waals surface area contributed by atoms with Crippen molar-refractivity contribution >= 4 is 34.2 Å². The van der Waals surface area contributed by atoms with Gasteiger partial charge in [-0.05, 0) is 52.9 Å². The van der Waals surface area contributed by atoms with E-state index in [1.807, 2.05) is 22.6 Å². The predicted octanol–water partition coefficient (Wildman–Crippen LogP) is 3.40. The van der Waals surface area contributed by atoms with Crippen LogP contribution in [-0.4, -0.2) is 18.1 Å². The number of phenols is 1. The molecule has 0 heterocycles. The molecule has 20 heavy (non-hydrogen) atoms. The number of ether oxygens (including phenoxy) is 1. The fraction of sp³-hybridized carbons (Fsp3) is 0.0714. The van der Waals surface area contributed by atoms with Crippen LogP contribution in [0.2, 0.25) is 0 Å². The Kier molecular flexibility index (Phi) is 4.43. The average molecular weight is 387 g/mol. The molecule has 104 valence electrons. The molecule has 4 nitrogen and oxygen atoms in total. The van der Waals surface area contributed by atoms with Gasteiger partial charge in [0.05, 0.1) is 10.7 Å². The molecule has 0 aliphatic carbocycles. The van der Waals surface area contributed by atoms with Gasteiger partial charge in [-0.3, -0.25) is 4.79 Å². The number of nitrogens with one attached hydrogen (secondary N) is 1. The summed E-state index contributed by atoms with van der Waals surface area (Å²) >= 11 is 1.95. The van der Waals surface area contributed by atoms with Crippen molar-refractivity contribution in [2.75, 3.05) is 12.4 Å². The third-order valence-corrected chi connectivity index (χ3v) is 3.53. The summed E-state index contributed by atoms with van der Waals surface area (Å²) in [6, 6.07) is 8.69. The van der Waals surface area contributed by atoms with Gasteiger partial charge in [-0.15, -0.1) is 0 Å². The van der Waals surface area contributed by atoms with Crippen LogP contribution in [0.1, 0.15) is 10.4 Å². The number of hydrogen-bond donors (Lipinski definition) is 2. The molecule has 0 saturated carbocycles. The maximum atomic E-state index is 13.5. The first-order valence-corrected chi connectivity index (χ1v) is 6.72. The maximum Gasteiger partial charge on any atom is 0.255 e. The van der Waals surface area contributed by atoms with Crippen molar-refractivity contribution in [3.05, 3.63) is 51.3 Å². The van der Waals surface area contributed by atoms with E-state index in [0.717, 1.165) is 0 Å². The number of phenolic OH excluding ortho intramolecular Hbond substituents is 1. The smallest absolute Gasteiger partial charge is 0.255 e. The Morgan fingerprint density at radius 3 is 2.65 bits per heavy atom. The molecule has 2 rings (SSSR count). The Morgan fingerprint density at radius 1 is 1.30 bits per heavy atom. The van der Waals surface area contributed by atoms with E-state index in [0.29, 0.717) is 14.8 Å². The number of carbonyl (C=O) groups excluding carboxylic acids is 1. The van der Waals surface area contributed by atoms with Crippen LogP contribution in [0.15, 0.2) is 36.4 Å². The van der Waals surface area contributed by atoms with E-state index in [9.17, 15) is 14.3 Å². The Morgan fingerprint density at radius 2 is 2.05 bits per heavy atom. The van der Waals surface area contributed by atoms with Crippen molar-refractivity contribution in [2.45, 2.75) is 0 Å². The molecule has 6 heteroatoms. The molecule has 1 amide bonds. The first-order valence-electron chi connectivity index (χ1n) is 5.64. The van der Waals surface area contributed by atoms with Crippen molar-refractivity contribution in [3.8, 4) is 11.5 Å². The summed E-state index contributed by atoms with van der Waals surface area (Å²) in [5.74, 6) is -0.855. The Hall–Kier alpha value is -1.83. The lowest BCUT2D eigenvalue weighted by Gasteiger charge is -2.08. The molecule has 2 aromatic rings. The molecule has 0 aromatic heterocycles. The van der Waals surface area contributed by atoms with Crippen molar-refractivity contribution in [3.63, 3.8) is 0 Å². The van der Waals surface area contributed by atoms with Crippen LogP contribution in [0.25, 0.3) is 0 Å². The van der Waals surface area contributed by atoms with E-state index in [2.05, 4.69) is 5.32 Å². The lowest BCUT2D eigenvalue weighted by molar-refractivity contribution is 0.102. The van der Waals surface area contributed by atoms with Gasteiger partial charge in [0.15, 0.2) is 11.6 Å². The summed E-state index contributed by atoms with van der Waals surface area (Å²) in [7, 11) is 1.37. The van der Waals surface area contributed by atoms with E-state index in [4.69, 9.17) is 4.74 Å². The number of methoxy groups -OCH3 is 1. The second-order valence-electron chi connectivity index (χ2n) is 3.97. The summed E-state index contributed by atoms with van der Waals surface area (Å²) < 4.78 is 18.9. The Labute approximate surface area is 128 Å². The molecule has 0 aliphatic heterocycles. The van der Waals surface area contributed by atoms with Gasteiger partial charge in [0, 0.05) is 17.3 Å². The third-order valence-electron chi connectivity index (χ3n) is 2.62. The van der Waals surface area contributed by atoms with Crippen molar-refractivity contribution in [2.24, 2.45) is 0 Å². The van der Waals surface area contributed by atoms with Crippen molar-refractivity contribution < 1.29 is 19.0 Å². The third kappa shape index (κ3) is 3.19. The van der Waals surface area contributed by atoms with Crippen LogP contribution in [0.5, 0.6) is 11.5 Å². The number of halogens is 2. The highest BCUT2D eigenvalue weighted by Gasteiger charge is 2.10. The van der Waals surface area contributed by atoms with Gasteiger partial charge < -0.3 is 15.2 Å². The zero-order chi connectivity index (χ0) is 14.7. The van der Waals surface area contributed by atoms with Gasteiger partial charge in [-0.2, -0.15) is 0 Å². The molecule has 0 radical (unpaired) electrons. The van der Waals surface area contributed by atoms with Crippen LogP contribution in [0, 0.1) is 9.39 Å². The standard InChI is InChI=1S/C14H11FINO3/c1-20-13-5-3-9(7-10(13)15)17-14(19)8-2-4-11(16)12(18)6-8/h2-7,18H,1H3,(H,17,19).